The van der Waals surface area contributed by atoms with Gasteiger partial charge in [0.15, 0.2) is 5.78 Å². The second kappa shape index (κ2) is 10.9. The molecule has 1 N–H and O–H groups in total. The van der Waals surface area contributed by atoms with Crippen molar-refractivity contribution in [2.24, 2.45) is 5.92 Å². The molecule has 2 aromatic rings. The van der Waals surface area contributed by atoms with Gasteiger partial charge in [-0.15, -0.1) is 0 Å². The van der Waals surface area contributed by atoms with Gasteiger partial charge in [-0.1, -0.05) is 75.2 Å². The van der Waals surface area contributed by atoms with E-state index < -0.39 is 0 Å². The third-order valence-electron chi connectivity index (χ3n) is 3.23. The van der Waals surface area contributed by atoms with Crippen LogP contribution in [0.15, 0.2) is 54.6 Å². The normalized spacial score (nSPS) is 9.96. The highest BCUT2D eigenvalue weighted by Crippen LogP contribution is 2.11. The van der Waals surface area contributed by atoms with Crippen LogP contribution in [0.1, 0.15) is 43.1 Å². The first-order valence-electron chi connectivity index (χ1n) is 8.03. The lowest BCUT2D eigenvalue weighted by molar-refractivity contribution is 0.0988. The molecule has 0 heterocycles. The highest BCUT2D eigenvalue weighted by Gasteiger charge is 2.03. The van der Waals surface area contributed by atoms with E-state index in [-0.39, 0.29) is 5.78 Å². The van der Waals surface area contributed by atoms with Gasteiger partial charge < -0.3 is 4.72 Å². The van der Waals surface area contributed by atoms with Gasteiger partial charge in [0, 0.05) is 23.9 Å². The summed E-state index contributed by atoms with van der Waals surface area (Å²) in [4.78, 5) is 11.3. The molecule has 23 heavy (non-hydrogen) atoms. The highest BCUT2D eigenvalue weighted by molar-refractivity contribution is 7.99. The number of anilines is 1. The topological polar surface area (TPSA) is 29.1 Å². The maximum atomic E-state index is 11.3. The molecule has 0 amide bonds. The molecule has 124 valence electrons. The Hall–Kier alpha value is -1.74. The minimum absolute atomic E-state index is 0.223. The Kier molecular flexibility index (Phi) is 9.15. The van der Waals surface area contributed by atoms with Crippen molar-refractivity contribution in [3.05, 3.63) is 65.7 Å². The van der Waals surface area contributed by atoms with Crippen molar-refractivity contribution < 1.29 is 4.79 Å². The average molecular weight is 330 g/mol. The molecule has 0 aliphatic carbocycles. The number of carbonyl (C=O) groups is 1. The van der Waals surface area contributed by atoms with Crippen LogP contribution in [-0.2, 0) is 6.42 Å². The van der Waals surface area contributed by atoms with Gasteiger partial charge >= 0.3 is 0 Å². The van der Waals surface area contributed by atoms with Crippen LogP contribution in [0.2, 0.25) is 0 Å². The van der Waals surface area contributed by atoms with E-state index in [1.54, 1.807) is 11.9 Å². The summed E-state index contributed by atoms with van der Waals surface area (Å²) in [6, 6.07) is 18.1. The van der Waals surface area contributed by atoms with Gasteiger partial charge in [0.25, 0.3) is 0 Å². The smallest absolute Gasteiger partial charge is 0.162 e. The summed E-state index contributed by atoms with van der Waals surface area (Å²) in [6.45, 7) is 6.29. The second-order valence-electron chi connectivity index (χ2n) is 5.74. The van der Waals surface area contributed by atoms with Crippen molar-refractivity contribution in [2.45, 2.75) is 33.6 Å². The highest BCUT2D eigenvalue weighted by atomic mass is 32.2. The monoisotopic (exact) mass is 329 g/mol. The predicted octanol–water partition coefficient (Wildman–Crippen LogP) is 5.85. The van der Waals surface area contributed by atoms with E-state index in [9.17, 15) is 4.79 Å². The zero-order valence-corrected chi connectivity index (χ0v) is 15.3. The summed E-state index contributed by atoms with van der Waals surface area (Å²) in [5.74, 6) is 0.892. The van der Waals surface area contributed by atoms with Crippen molar-refractivity contribution in [1.82, 2.24) is 0 Å². The molecule has 0 spiro atoms. The molecule has 0 saturated heterocycles. The molecule has 0 radical (unpaired) electrons. The minimum atomic E-state index is 0.223. The maximum Gasteiger partial charge on any atom is 0.162 e. The van der Waals surface area contributed by atoms with Gasteiger partial charge in [-0.2, -0.15) is 0 Å². The first kappa shape index (κ1) is 19.3. The van der Waals surface area contributed by atoms with E-state index in [1.165, 1.54) is 5.56 Å². The average Bonchev–Trinajstić information content (AvgIpc) is 2.56. The first-order valence-corrected chi connectivity index (χ1v) is 9.25. The quantitative estimate of drug-likeness (QED) is 0.532. The zero-order valence-electron chi connectivity index (χ0n) is 14.5. The second-order valence-corrected chi connectivity index (χ2v) is 6.36. The van der Waals surface area contributed by atoms with Crippen molar-refractivity contribution in [2.75, 3.05) is 11.0 Å². The molecule has 0 fully saturated rings. The Labute approximate surface area is 144 Å². The molecule has 2 aromatic carbocycles. The lowest BCUT2D eigenvalue weighted by Crippen LogP contribution is -1.98. The third kappa shape index (κ3) is 7.89. The Bertz CT molecular complexity index is 564. The van der Waals surface area contributed by atoms with Crippen LogP contribution >= 0.6 is 11.9 Å². The number of nitrogens with one attached hydrogen (secondary N) is 1. The molecule has 2 nitrogen and oxygen atoms in total. The fourth-order valence-corrected chi connectivity index (χ4v) is 2.50. The minimum Gasteiger partial charge on any atom is -0.330 e. The van der Waals surface area contributed by atoms with Crippen LogP contribution in [0, 0.1) is 5.92 Å². The fraction of sp³-hybridized carbons (Fsp3) is 0.350. The van der Waals surface area contributed by atoms with Gasteiger partial charge in [0.05, 0.1) is 0 Å². The molecule has 2 rings (SSSR count). The molecule has 3 heteroatoms. The molecule has 0 aliphatic heterocycles. The van der Waals surface area contributed by atoms with Crippen LogP contribution in [0.4, 0.5) is 5.69 Å². The number of Topliss-reactive ketones (excluding diaryl/α,β-unsaturated/α-hetero) is 1. The zero-order chi connectivity index (χ0) is 17.1. The van der Waals surface area contributed by atoms with Gasteiger partial charge in [-0.25, -0.2) is 0 Å². The van der Waals surface area contributed by atoms with Crippen LogP contribution in [0.25, 0.3) is 0 Å². The summed E-state index contributed by atoms with van der Waals surface area (Å²) in [6.07, 6.45) is 3.68. The number of ketones is 1. The Morgan fingerprint density at radius 3 is 2.13 bits per heavy atom. The first-order chi connectivity index (χ1) is 11.1. The van der Waals surface area contributed by atoms with Crippen molar-refractivity contribution in [3.63, 3.8) is 0 Å². The number of rotatable bonds is 6. The summed E-state index contributed by atoms with van der Waals surface area (Å²) in [5.41, 5.74) is 3.30. The molecule has 0 aromatic heterocycles. The van der Waals surface area contributed by atoms with Crippen LogP contribution in [-0.4, -0.2) is 12.0 Å². The van der Waals surface area contributed by atoms with E-state index in [0.29, 0.717) is 12.3 Å². The fourth-order valence-electron chi connectivity index (χ4n) is 2.13. The van der Waals surface area contributed by atoms with Gasteiger partial charge in [-0.3, -0.25) is 4.79 Å². The number of hydrogen-bond donors (Lipinski definition) is 1. The molecular formula is C20H27NOS. The summed E-state index contributed by atoms with van der Waals surface area (Å²) in [5, 5.41) is 0. The largest absolute Gasteiger partial charge is 0.330 e. The number of hydrogen-bond acceptors (Lipinski definition) is 3. The maximum absolute atomic E-state index is 11.3. The Morgan fingerprint density at radius 1 is 1.04 bits per heavy atom. The van der Waals surface area contributed by atoms with Crippen LogP contribution in [0.5, 0.6) is 0 Å². The van der Waals surface area contributed by atoms with Crippen molar-refractivity contribution >= 4 is 23.4 Å². The lowest BCUT2D eigenvalue weighted by atomic mass is 10.0. The van der Waals surface area contributed by atoms with Gasteiger partial charge in [0.2, 0.25) is 0 Å². The number of para-hydroxylation sites is 1. The Balaban J connectivity index is 0.000000253. The van der Waals surface area contributed by atoms with Gasteiger partial charge in [-0.05, 0) is 30.0 Å². The molecule has 0 unspecified atom stereocenters. The summed E-state index contributed by atoms with van der Waals surface area (Å²) in [7, 11) is 0. The molecule has 0 aliphatic rings. The van der Waals surface area contributed by atoms with Crippen LogP contribution < -0.4 is 4.72 Å². The van der Waals surface area contributed by atoms with Crippen LogP contribution in [0.3, 0.4) is 0 Å². The lowest BCUT2D eigenvalue weighted by Gasteiger charge is -2.05. The molecular weight excluding hydrogens is 302 g/mol. The van der Waals surface area contributed by atoms with E-state index >= 15 is 0 Å². The number of benzene rings is 2. The predicted molar refractivity (Wildman–Crippen MR) is 103 cm³/mol. The SMILES string of the molecule is CCC(=O)c1ccc(CC(C)C)cc1.CSNc1ccccc1. The van der Waals surface area contributed by atoms with E-state index in [0.717, 1.165) is 17.7 Å². The number of carbonyl (C=O) groups excluding carboxylic acids is 1. The standard InChI is InChI=1S/C13H18O.C7H9NS/c1-4-13(14)12-7-5-11(6-8-12)9-10(2)3;1-9-8-7-5-3-2-4-6-7/h5-8,10H,4,9H2,1-3H3;2-6,8H,1H3. The van der Waals surface area contributed by atoms with Gasteiger partial charge in [0.1, 0.15) is 0 Å². The van der Waals surface area contributed by atoms with E-state index in [4.69, 9.17) is 0 Å². The van der Waals surface area contributed by atoms with Crippen molar-refractivity contribution in [1.29, 1.82) is 0 Å². The summed E-state index contributed by atoms with van der Waals surface area (Å²) >= 11 is 1.60. The molecule has 0 bridgehead atoms. The third-order valence-corrected chi connectivity index (χ3v) is 3.67. The Morgan fingerprint density at radius 2 is 1.65 bits per heavy atom. The van der Waals surface area contributed by atoms with Crippen molar-refractivity contribution in [3.8, 4) is 0 Å². The summed E-state index contributed by atoms with van der Waals surface area (Å²) < 4.78 is 3.12. The molecule has 0 atom stereocenters. The molecule has 0 saturated carbocycles. The van der Waals surface area contributed by atoms with E-state index in [1.807, 2.05) is 55.6 Å². The van der Waals surface area contributed by atoms with E-state index in [2.05, 4.69) is 30.7 Å².